The third kappa shape index (κ3) is 52.8. The first-order chi connectivity index (χ1) is 33.5. The lowest BCUT2D eigenvalue weighted by atomic mass is 10.1. The molecule has 1 atom stereocenters. The Morgan fingerprint density at radius 3 is 1.12 bits per heavy atom. The Bertz CT molecular complexity index is 1450. The highest BCUT2D eigenvalue weighted by Gasteiger charge is 2.19. The standard InChI is InChI=1S/C62H100O6/c1-4-7-10-13-16-19-22-25-27-29-31-33-34-37-40-43-46-49-52-55-61(64)67-58-59(57-66-60(63)54-51-48-45-42-39-36-24-21-18-15-12-9-6-3)68-62(65)56-53-50-47-44-41-38-35-32-30-28-26-23-20-17-14-11-8-5-2/h7,10-11,14,16-17,19-20,23,25-28,30-33,35-36,39,59H,4-6,8-9,12-13,15,18,21-22,24,29,34,37-38,40-58H2,1-3H3/b10-7-,14-11-,19-16-,20-17-,26-23-,27-25-,30-28-,33-31-,35-32-,39-36-. The molecular weight excluding hydrogens is 841 g/mol. The van der Waals surface area contributed by atoms with Gasteiger partial charge in [0.05, 0.1) is 0 Å². The molecule has 0 saturated carbocycles. The van der Waals surface area contributed by atoms with E-state index in [4.69, 9.17) is 14.2 Å². The van der Waals surface area contributed by atoms with E-state index < -0.39 is 6.10 Å². The highest BCUT2D eigenvalue weighted by atomic mass is 16.6. The van der Waals surface area contributed by atoms with E-state index in [0.717, 1.165) is 135 Å². The second-order valence-corrected chi connectivity index (χ2v) is 17.9. The number of carbonyl (C=O) groups is 3. The third-order valence-corrected chi connectivity index (χ3v) is 11.3. The lowest BCUT2D eigenvalue weighted by Crippen LogP contribution is -2.30. The number of hydrogen-bond acceptors (Lipinski definition) is 6. The van der Waals surface area contributed by atoms with Gasteiger partial charge in [-0.25, -0.2) is 0 Å². The number of unbranched alkanes of at least 4 members (excludes halogenated alkanes) is 21. The van der Waals surface area contributed by atoms with E-state index in [1.165, 1.54) is 57.8 Å². The van der Waals surface area contributed by atoms with Crippen molar-refractivity contribution >= 4 is 17.9 Å². The maximum absolute atomic E-state index is 12.8. The van der Waals surface area contributed by atoms with E-state index in [1.807, 2.05) is 24.3 Å². The minimum Gasteiger partial charge on any atom is -0.462 e. The topological polar surface area (TPSA) is 78.9 Å². The molecule has 0 amide bonds. The van der Waals surface area contributed by atoms with Gasteiger partial charge in [0, 0.05) is 19.3 Å². The molecule has 0 aliphatic rings. The number of allylic oxidation sites excluding steroid dienone is 20. The fourth-order valence-electron chi connectivity index (χ4n) is 7.16. The molecule has 0 saturated heterocycles. The fourth-order valence-corrected chi connectivity index (χ4v) is 7.16. The largest absolute Gasteiger partial charge is 0.462 e. The third-order valence-electron chi connectivity index (χ3n) is 11.3. The van der Waals surface area contributed by atoms with Crippen LogP contribution in [-0.2, 0) is 28.6 Å². The van der Waals surface area contributed by atoms with Gasteiger partial charge in [0.1, 0.15) is 13.2 Å². The van der Waals surface area contributed by atoms with Gasteiger partial charge in [0.15, 0.2) is 6.10 Å². The van der Waals surface area contributed by atoms with Gasteiger partial charge in [0.2, 0.25) is 0 Å². The molecule has 6 nitrogen and oxygen atoms in total. The molecule has 0 radical (unpaired) electrons. The Balaban J connectivity index is 4.50. The molecule has 0 aliphatic carbocycles. The summed E-state index contributed by atoms with van der Waals surface area (Å²) in [4.78, 5) is 38.1. The summed E-state index contributed by atoms with van der Waals surface area (Å²) < 4.78 is 16.8. The molecule has 0 aromatic carbocycles. The van der Waals surface area contributed by atoms with Crippen molar-refractivity contribution in [2.45, 2.75) is 239 Å². The molecule has 0 aliphatic heterocycles. The van der Waals surface area contributed by atoms with E-state index in [2.05, 4.69) is 118 Å². The molecule has 1 unspecified atom stereocenters. The van der Waals surface area contributed by atoms with Crippen molar-refractivity contribution < 1.29 is 28.6 Å². The van der Waals surface area contributed by atoms with Crippen LogP contribution in [0.15, 0.2) is 122 Å². The molecule has 0 spiro atoms. The molecule has 0 heterocycles. The van der Waals surface area contributed by atoms with Crippen molar-refractivity contribution in [3.63, 3.8) is 0 Å². The van der Waals surface area contributed by atoms with Crippen LogP contribution in [-0.4, -0.2) is 37.2 Å². The normalized spacial score (nSPS) is 13.0. The average molecular weight is 941 g/mol. The zero-order valence-corrected chi connectivity index (χ0v) is 43.8. The SMILES string of the molecule is CC/C=C\C/C=C\C/C=C\C/C=C\CCCCCCCCC(=O)OCC(COC(=O)CCCCC/C=C\CCCCCCCC)OC(=O)CCCCCCC\C=C/C=C\C=C/C=C\C=C/CCC. The van der Waals surface area contributed by atoms with Gasteiger partial charge in [-0.05, 0) is 103 Å². The van der Waals surface area contributed by atoms with Gasteiger partial charge in [0.25, 0.3) is 0 Å². The zero-order chi connectivity index (χ0) is 49.3. The Morgan fingerprint density at radius 2 is 0.662 bits per heavy atom. The predicted octanol–water partition coefficient (Wildman–Crippen LogP) is 18.5. The van der Waals surface area contributed by atoms with Crippen molar-refractivity contribution in [3.8, 4) is 0 Å². The van der Waals surface area contributed by atoms with Crippen molar-refractivity contribution in [2.75, 3.05) is 13.2 Å². The summed E-state index contributed by atoms with van der Waals surface area (Å²) in [6.45, 7) is 6.37. The van der Waals surface area contributed by atoms with Crippen LogP contribution in [0.3, 0.4) is 0 Å². The quantitative estimate of drug-likeness (QED) is 0.0199. The van der Waals surface area contributed by atoms with Gasteiger partial charge in [-0.2, -0.15) is 0 Å². The lowest BCUT2D eigenvalue weighted by molar-refractivity contribution is -0.167. The molecule has 0 N–H and O–H groups in total. The molecule has 6 heteroatoms. The van der Waals surface area contributed by atoms with Crippen LogP contribution in [0.25, 0.3) is 0 Å². The second kappa shape index (κ2) is 55.4. The minimum atomic E-state index is -0.808. The molecule has 0 fully saturated rings. The summed E-state index contributed by atoms with van der Waals surface area (Å²) in [7, 11) is 0. The summed E-state index contributed by atoms with van der Waals surface area (Å²) in [5.41, 5.74) is 0. The Kier molecular flexibility index (Phi) is 52.0. The lowest BCUT2D eigenvalue weighted by Gasteiger charge is -2.18. The highest BCUT2D eigenvalue weighted by molar-refractivity contribution is 5.71. The van der Waals surface area contributed by atoms with Gasteiger partial charge in [-0.3, -0.25) is 14.4 Å². The first-order valence-electron chi connectivity index (χ1n) is 27.6. The molecule has 0 aromatic heterocycles. The zero-order valence-electron chi connectivity index (χ0n) is 43.8. The van der Waals surface area contributed by atoms with E-state index >= 15 is 0 Å². The van der Waals surface area contributed by atoms with Crippen LogP contribution in [0.2, 0.25) is 0 Å². The minimum absolute atomic E-state index is 0.104. The highest BCUT2D eigenvalue weighted by Crippen LogP contribution is 2.13. The van der Waals surface area contributed by atoms with Crippen LogP contribution in [0, 0.1) is 0 Å². The van der Waals surface area contributed by atoms with Gasteiger partial charge in [-0.1, -0.05) is 232 Å². The molecule has 0 aromatic rings. The van der Waals surface area contributed by atoms with Crippen LogP contribution >= 0.6 is 0 Å². The summed E-state index contributed by atoms with van der Waals surface area (Å²) >= 11 is 0. The van der Waals surface area contributed by atoms with E-state index in [1.54, 1.807) is 0 Å². The molecule has 0 rings (SSSR count). The number of rotatable bonds is 48. The molecule has 68 heavy (non-hydrogen) atoms. The van der Waals surface area contributed by atoms with Gasteiger partial charge < -0.3 is 14.2 Å². The number of esters is 3. The van der Waals surface area contributed by atoms with Crippen LogP contribution in [0.5, 0.6) is 0 Å². The molecule has 0 bridgehead atoms. The van der Waals surface area contributed by atoms with Crippen molar-refractivity contribution in [2.24, 2.45) is 0 Å². The molecular formula is C62H100O6. The Morgan fingerprint density at radius 1 is 0.324 bits per heavy atom. The molecule has 384 valence electrons. The fraction of sp³-hybridized carbons (Fsp3) is 0.629. The van der Waals surface area contributed by atoms with Crippen molar-refractivity contribution in [3.05, 3.63) is 122 Å². The van der Waals surface area contributed by atoms with Gasteiger partial charge in [-0.15, -0.1) is 0 Å². The first-order valence-corrected chi connectivity index (χ1v) is 27.6. The van der Waals surface area contributed by atoms with Crippen LogP contribution in [0.1, 0.15) is 233 Å². The predicted molar refractivity (Wildman–Crippen MR) is 293 cm³/mol. The summed E-state index contributed by atoms with van der Waals surface area (Å²) in [5.74, 6) is -0.962. The van der Waals surface area contributed by atoms with E-state index in [-0.39, 0.29) is 37.5 Å². The van der Waals surface area contributed by atoms with E-state index in [0.29, 0.717) is 12.8 Å². The first kappa shape index (κ1) is 63.8. The number of ether oxygens (including phenoxy) is 3. The maximum Gasteiger partial charge on any atom is 0.306 e. The van der Waals surface area contributed by atoms with Crippen molar-refractivity contribution in [1.82, 2.24) is 0 Å². The van der Waals surface area contributed by atoms with Crippen LogP contribution < -0.4 is 0 Å². The average Bonchev–Trinajstić information content (AvgIpc) is 3.34. The number of carbonyl (C=O) groups excluding carboxylic acids is 3. The Labute approximate surface area is 418 Å². The number of hydrogen-bond donors (Lipinski definition) is 0. The monoisotopic (exact) mass is 941 g/mol. The smallest absolute Gasteiger partial charge is 0.306 e. The van der Waals surface area contributed by atoms with Crippen LogP contribution in [0.4, 0.5) is 0 Å². The summed E-state index contributed by atoms with van der Waals surface area (Å²) in [6, 6.07) is 0. The summed E-state index contributed by atoms with van der Waals surface area (Å²) in [5, 5.41) is 0. The van der Waals surface area contributed by atoms with Crippen molar-refractivity contribution in [1.29, 1.82) is 0 Å². The summed E-state index contributed by atoms with van der Waals surface area (Å²) in [6.07, 6.45) is 76.0. The maximum atomic E-state index is 12.8. The van der Waals surface area contributed by atoms with Gasteiger partial charge >= 0.3 is 17.9 Å². The Hall–Kier alpha value is -4.19. The van der Waals surface area contributed by atoms with E-state index in [9.17, 15) is 14.4 Å². The second-order valence-electron chi connectivity index (χ2n) is 17.9.